The molecular formula is C20H16O10Zr. The molecule has 0 heterocycles. The third-order valence-corrected chi connectivity index (χ3v) is 3.77. The number of carboxylic acid groups (broad SMARTS) is 4. The molecule has 0 fully saturated rings. The van der Waals surface area contributed by atoms with Gasteiger partial charge in [-0.15, -0.1) is 0 Å². The normalized spacial score (nSPS) is 9.35. The van der Waals surface area contributed by atoms with Gasteiger partial charge in [-0.2, -0.15) is 0 Å². The van der Waals surface area contributed by atoms with Gasteiger partial charge in [0.2, 0.25) is 0 Å². The van der Waals surface area contributed by atoms with Gasteiger partial charge in [0.1, 0.15) is 0 Å². The minimum absolute atomic E-state index is 0. The molecule has 0 atom stereocenters. The van der Waals surface area contributed by atoms with Crippen molar-refractivity contribution in [1.29, 1.82) is 0 Å². The SMILES string of the molecule is CC(=O)c1ccc(C(=O)O)c(C(=O)O)c1.CC(=O)c1ccc(C(=O)O)c(C(=O)O)c1.[Zr]. The first-order valence-electron chi connectivity index (χ1n) is 8.10. The molecule has 0 unspecified atom stereocenters. The van der Waals surface area contributed by atoms with Gasteiger partial charge in [0.15, 0.2) is 11.6 Å². The standard InChI is InChI=1S/2C10H8O5.Zr/c2*1-5(11)6-2-3-7(9(12)13)8(4-6)10(14)15;/h2*2-4H,1H3,(H,12,13)(H,14,15);. The first-order valence-corrected chi connectivity index (χ1v) is 8.10. The van der Waals surface area contributed by atoms with E-state index in [2.05, 4.69) is 0 Å². The molecule has 0 aliphatic rings. The molecular weight excluding hydrogens is 491 g/mol. The number of rotatable bonds is 6. The van der Waals surface area contributed by atoms with Crippen LogP contribution in [0.5, 0.6) is 0 Å². The molecule has 2 rings (SSSR count). The predicted molar refractivity (Wildman–Crippen MR) is 101 cm³/mol. The summed E-state index contributed by atoms with van der Waals surface area (Å²) in [5.74, 6) is -6.01. The van der Waals surface area contributed by atoms with Gasteiger partial charge in [-0.1, -0.05) is 12.1 Å². The van der Waals surface area contributed by atoms with E-state index in [1.165, 1.54) is 26.0 Å². The van der Waals surface area contributed by atoms with Gasteiger partial charge < -0.3 is 20.4 Å². The van der Waals surface area contributed by atoms with E-state index in [4.69, 9.17) is 20.4 Å². The number of Topliss-reactive ketones (excluding diaryl/α,β-unsaturated/α-hetero) is 2. The molecule has 0 aliphatic carbocycles. The Hall–Kier alpha value is -3.46. The maximum atomic E-state index is 11.0. The topological polar surface area (TPSA) is 183 Å². The van der Waals surface area contributed by atoms with Gasteiger partial charge in [0, 0.05) is 37.3 Å². The van der Waals surface area contributed by atoms with Crippen molar-refractivity contribution in [1.82, 2.24) is 0 Å². The van der Waals surface area contributed by atoms with Crippen molar-refractivity contribution in [3.8, 4) is 0 Å². The molecule has 0 spiro atoms. The molecule has 0 aliphatic heterocycles. The molecule has 0 saturated carbocycles. The maximum Gasteiger partial charge on any atom is 0.336 e. The molecule has 31 heavy (non-hydrogen) atoms. The van der Waals surface area contributed by atoms with E-state index in [-0.39, 0.29) is 71.2 Å². The van der Waals surface area contributed by atoms with Crippen LogP contribution in [0.4, 0.5) is 0 Å². The van der Waals surface area contributed by atoms with Crippen LogP contribution in [0.25, 0.3) is 0 Å². The second-order valence-electron chi connectivity index (χ2n) is 5.85. The smallest absolute Gasteiger partial charge is 0.336 e. The molecule has 2 aromatic rings. The van der Waals surface area contributed by atoms with Crippen molar-refractivity contribution in [2.24, 2.45) is 0 Å². The fourth-order valence-corrected chi connectivity index (χ4v) is 2.25. The minimum atomic E-state index is -1.37. The largest absolute Gasteiger partial charge is 0.478 e. The van der Waals surface area contributed by atoms with E-state index in [0.717, 1.165) is 24.3 Å². The molecule has 11 heteroatoms. The van der Waals surface area contributed by atoms with Crippen LogP contribution in [-0.4, -0.2) is 55.9 Å². The Labute approximate surface area is 194 Å². The third kappa shape index (κ3) is 7.38. The van der Waals surface area contributed by atoms with Crippen LogP contribution in [-0.2, 0) is 26.2 Å². The second-order valence-corrected chi connectivity index (χ2v) is 5.85. The average molecular weight is 508 g/mol. The fourth-order valence-electron chi connectivity index (χ4n) is 2.25. The van der Waals surface area contributed by atoms with Crippen LogP contribution in [0.1, 0.15) is 76.0 Å². The Morgan fingerprint density at radius 1 is 0.516 bits per heavy atom. The molecule has 0 radical (unpaired) electrons. The van der Waals surface area contributed by atoms with Crippen LogP contribution < -0.4 is 0 Å². The number of benzene rings is 2. The van der Waals surface area contributed by atoms with Gasteiger partial charge in [0.05, 0.1) is 22.3 Å². The Morgan fingerprint density at radius 2 is 0.774 bits per heavy atom. The maximum absolute atomic E-state index is 11.0. The van der Waals surface area contributed by atoms with Crippen molar-refractivity contribution >= 4 is 35.4 Å². The Kier molecular flexibility index (Phi) is 10.4. The quantitative estimate of drug-likeness (QED) is 0.424. The number of hydrogen-bond acceptors (Lipinski definition) is 6. The fraction of sp³-hybridized carbons (Fsp3) is 0.100. The van der Waals surface area contributed by atoms with E-state index in [1.807, 2.05) is 0 Å². The number of aromatic carboxylic acids is 4. The van der Waals surface area contributed by atoms with Crippen LogP contribution in [0.15, 0.2) is 36.4 Å². The van der Waals surface area contributed by atoms with Crippen molar-refractivity contribution in [3.63, 3.8) is 0 Å². The average Bonchev–Trinajstić information content (AvgIpc) is 2.67. The summed E-state index contributed by atoms with van der Waals surface area (Å²) >= 11 is 0. The molecule has 0 aromatic heterocycles. The summed E-state index contributed by atoms with van der Waals surface area (Å²) < 4.78 is 0. The molecule has 0 bridgehead atoms. The summed E-state index contributed by atoms with van der Waals surface area (Å²) in [6, 6.07) is 6.93. The zero-order chi connectivity index (χ0) is 23.2. The van der Waals surface area contributed by atoms with E-state index in [1.54, 1.807) is 0 Å². The van der Waals surface area contributed by atoms with Crippen LogP contribution in [0.3, 0.4) is 0 Å². The monoisotopic (exact) mass is 506 g/mol. The number of carbonyl (C=O) groups is 6. The Morgan fingerprint density at radius 3 is 0.968 bits per heavy atom. The molecule has 0 amide bonds. The van der Waals surface area contributed by atoms with Crippen molar-refractivity contribution in [2.45, 2.75) is 13.8 Å². The first-order chi connectivity index (χ1) is 13.9. The minimum Gasteiger partial charge on any atom is -0.478 e. The zero-order valence-corrected chi connectivity index (χ0v) is 18.7. The summed E-state index contributed by atoms with van der Waals surface area (Å²) in [6.45, 7) is 2.56. The van der Waals surface area contributed by atoms with Crippen LogP contribution in [0.2, 0.25) is 0 Å². The van der Waals surface area contributed by atoms with Crippen molar-refractivity contribution in [3.05, 3.63) is 69.8 Å². The van der Waals surface area contributed by atoms with Gasteiger partial charge in [0.25, 0.3) is 0 Å². The van der Waals surface area contributed by atoms with Gasteiger partial charge in [-0.05, 0) is 38.1 Å². The number of ketones is 2. The third-order valence-electron chi connectivity index (χ3n) is 3.77. The molecule has 0 saturated heterocycles. The van der Waals surface area contributed by atoms with Gasteiger partial charge in [-0.25, -0.2) is 19.2 Å². The number of carboxylic acids is 4. The summed E-state index contributed by atoms with van der Waals surface area (Å²) in [4.78, 5) is 64.7. The molecule has 2 aromatic carbocycles. The predicted octanol–water partition coefficient (Wildman–Crippen LogP) is 2.57. The van der Waals surface area contributed by atoms with Crippen LogP contribution >= 0.6 is 0 Å². The van der Waals surface area contributed by atoms with E-state index >= 15 is 0 Å². The van der Waals surface area contributed by atoms with Gasteiger partial charge in [-0.3, -0.25) is 9.59 Å². The second kappa shape index (κ2) is 11.7. The summed E-state index contributed by atoms with van der Waals surface area (Å²) in [5, 5.41) is 34.9. The van der Waals surface area contributed by atoms with Crippen LogP contribution in [0, 0.1) is 0 Å². The molecule has 160 valence electrons. The van der Waals surface area contributed by atoms with Crippen molar-refractivity contribution in [2.75, 3.05) is 0 Å². The van der Waals surface area contributed by atoms with E-state index in [9.17, 15) is 28.8 Å². The number of hydrogen-bond donors (Lipinski definition) is 4. The van der Waals surface area contributed by atoms with Crippen molar-refractivity contribution < 1.29 is 75.4 Å². The summed E-state index contributed by atoms with van der Waals surface area (Å²) in [7, 11) is 0. The molecule has 4 N–H and O–H groups in total. The summed E-state index contributed by atoms with van der Waals surface area (Å²) in [5.41, 5.74) is -1.06. The number of carbonyl (C=O) groups excluding carboxylic acids is 2. The van der Waals surface area contributed by atoms with E-state index in [0.29, 0.717) is 0 Å². The first kappa shape index (κ1) is 27.5. The summed E-state index contributed by atoms with van der Waals surface area (Å²) in [6.07, 6.45) is 0. The Balaban J connectivity index is 0.000000562. The van der Waals surface area contributed by atoms with Gasteiger partial charge >= 0.3 is 23.9 Å². The zero-order valence-electron chi connectivity index (χ0n) is 16.2. The molecule has 10 nitrogen and oxygen atoms in total. The van der Waals surface area contributed by atoms with E-state index < -0.39 is 23.9 Å². The Bertz CT molecular complexity index is 986.